The molecule has 0 radical (unpaired) electrons. The summed E-state index contributed by atoms with van der Waals surface area (Å²) in [6.45, 7) is 1.46. The fraction of sp³-hybridized carbons (Fsp3) is 0.714. The molecule has 1 atom stereocenters. The predicted molar refractivity (Wildman–Crippen MR) is 49.3 cm³/mol. The van der Waals surface area contributed by atoms with Crippen LogP contribution in [0.4, 0.5) is 0 Å². The summed E-state index contributed by atoms with van der Waals surface area (Å²) in [5.74, 6) is -2.65. The summed E-state index contributed by atoms with van der Waals surface area (Å²) in [6, 6.07) is 0. The minimum Gasteiger partial charge on any atom is -0.480 e. The summed E-state index contributed by atoms with van der Waals surface area (Å²) in [7, 11) is -3.77. The van der Waals surface area contributed by atoms with Crippen molar-refractivity contribution in [2.24, 2.45) is 5.73 Å². The molecule has 1 amide bonds. The Kier molecular flexibility index (Phi) is 4.55. The number of hydrogen-bond acceptors (Lipinski definition) is 4. The molecule has 0 aromatic heterocycles. The second-order valence-electron chi connectivity index (χ2n) is 2.82. The zero-order valence-electron chi connectivity index (χ0n) is 7.76. The van der Waals surface area contributed by atoms with Gasteiger partial charge in [0.25, 0.3) is 0 Å². The molecule has 0 fully saturated rings. The third-order valence-electron chi connectivity index (χ3n) is 1.71. The van der Waals surface area contributed by atoms with Gasteiger partial charge in [0.05, 0.1) is 5.75 Å². The highest BCUT2D eigenvalue weighted by atomic mass is 32.2. The number of sulfone groups is 1. The Bertz CT molecular complexity index is 321. The number of carboxylic acids is 1. The monoisotopic (exact) mass is 223 g/mol. The van der Waals surface area contributed by atoms with Crippen LogP contribution >= 0.6 is 0 Å². The lowest BCUT2D eigenvalue weighted by Gasteiger charge is -2.09. The average molecular weight is 223 g/mol. The summed E-state index contributed by atoms with van der Waals surface area (Å²) in [5, 5.41) is 7.14. The first-order valence-corrected chi connectivity index (χ1v) is 5.75. The molecule has 0 aliphatic heterocycles. The Balaban J connectivity index is 4.59. The van der Waals surface area contributed by atoms with Crippen molar-refractivity contribution in [3.05, 3.63) is 0 Å². The van der Waals surface area contributed by atoms with Gasteiger partial charge in [-0.1, -0.05) is 6.92 Å². The molecule has 0 heterocycles. The lowest BCUT2D eigenvalue weighted by Crippen LogP contribution is -2.32. The molecular formula is C7H13NO5S. The first-order valence-electron chi connectivity index (χ1n) is 4.04. The number of carboxylic acid groups (broad SMARTS) is 1. The third-order valence-corrected chi connectivity index (χ3v) is 3.89. The van der Waals surface area contributed by atoms with E-state index in [1.807, 2.05) is 0 Å². The lowest BCUT2D eigenvalue weighted by molar-refractivity contribution is -0.136. The molecule has 0 saturated heterocycles. The summed E-state index contributed by atoms with van der Waals surface area (Å²) in [4.78, 5) is 20.9. The average Bonchev–Trinajstić information content (AvgIpc) is 2.01. The maximum absolute atomic E-state index is 11.3. The van der Waals surface area contributed by atoms with E-state index in [2.05, 4.69) is 0 Å². The molecule has 6 nitrogen and oxygen atoms in total. The van der Waals surface area contributed by atoms with Crippen LogP contribution in [0, 0.1) is 0 Å². The third kappa shape index (κ3) is 3.73. The van der Waals surface area contributed by atoms with Crippen LogP contribution in [0.1, 0.15) is 19.8 Å². The normalized spacial score (nSPS) is 13.5. The Morgan fingerprint density at radius 2 is 1.93 bits per heavy atom. The molecule has 0 spiro atoms. The van der Waals surface area contributed by atoms with Gasteiger partial charge in [-0.15, -0.1) is 0 Å². The van der Waals surface area contributed by atoms with Gasteiger partial charge in [-0.2, -0.15) is 0 Å². The fourth-order valence-corrected chi connectivity index (χ4v) is 2.55. The Morgan fingerprint density at radius 1 is 1.43 bits per heavy atom. The molecule has 7 heteroatoms. The molecule has 0 aromatic carbocycles. The van der Waals surface area contributed by atoms with Crippen LogP contribution in [-0.2, 0) is 19.4 Å². The van der Waals surface area contributed by atoms with Crippen molar-refractivity contribution in [3.8, 4) is 0 Å². The van der Waals surface area contributed by atoms with E-state index in [1.54, 1.807) is 0 Å². The number of carbonyl (C=O) groups excluding carboxylic acids is 1. The molecule has 3 N–H and O–H groups in total. The fourth-order valence-electron chi connectivity index (χ4n) is 0.967. The highest BCUT2D eigenvalue weighted by molar-refractivity contribution is 7.92. The largest absolute Gasteiger partial charge is 0.480 e. The van der Waals surface area contributed by atoms with E-state index in [-0.39, 0.29) is 12.8 Å². The second kappa shape index (κ2) is 4.94. The van der Waals surface area contributed by atoms with E-state index in [4.69, 9.17) is 10.8 Å². The van der Waals surface area contributed by atoms with Crippen LogP contribution < -0.4 is 5.73 Å². The first kappa shape index (κ1) is 12.9. The van der Waals surface area contributed by atoms with Crippen molar-refractivity contribution in [1.29, 1.82) is 0 Å². The van der Waals surface area contributed by atoms with Crippen molar-refractivity contribution >= 4 is 21.7 Å². The maximum atomic E-state index is 11.3. The molecule has 1 unspecified atom stereocenters. The number of primary amides is 1. The zero-order chi connectivity index (χ0) is 11.4. The Labute approximate surface area is 82.0 Å². The number of carbonyl (C=O) groups is 2. The highest BCUT2D eigenvalue weighted by Gasteiger charge is 2.30. The predicted octanol–water partition coefficient (Wildman–Crippen LogP) is -0.860. The minimum absolute atomic E-state index is 0.0174. The van der Waals surface area contributed by atoms with Crippen molar-refractivity contribution in [2.45, 2.75) is 25.0 Å². The van der Waals surface area contributed by atoms with Crippen molar-refractivity contribution in [2.75, 3.05) is 5.75 Å². The van der Waals surface area contributed by atoms with Crippen molar-refractivity contribution in [1.82, 2.24) is 0 Å². The van der Waals surface area contributed by atoms with Gasteiger partial charge in [0.15, 0.2) is 15.1 Å². The molecular weight excluding hydrogens is 210 g/mol. The first-order chi connectivity index (χ1) is 6.31. The molecule has 0 aliphatic rings. The van der Waals surface area contributed by atoms with E-state index in [0.717, 1.165) is 0 Å². The van der Waals surface area contributed by atoms with Gasteiger partial charge in [-0.25, -0.2) is 8.42 Å². The molecule has 82 valence electrons. The van der Waals surface area contributed by atoms with E-state index in [1.165, 1.54) is 6.92 Å². The topological polar surface area (TPSA) is 115 Å². The molecule has 0 rings (SSSR count). The second-order valence-corrected chi connectivity index (χ2v) is 5.12. The van der Waals surface area contributed by atoms with E-state index in [0.29, 0.717) is 0 Å². The van der Waals surface area contributed by atoms with Crippen LogP contribution in [0.3, 0.4) is 0 Å². The standard InChI is InChI=1S/C7H13NO5S/c1-2-5(7(10)11)14(12,13)4-3-6(8)9/h5H,2-4H2,1H3,(H2,8,9)(H,10,11). The van der Waals surface area contributed by atoms with Gasteiger partial charge >= 0.3 is 5.97 Å². The minimum atomic E-state index is -3.77. The summed E-state index contributed by atoms with van der Waals surface area (Å²) in [5.41, 5.74) is 4.77. The van der Waals surface area contributed by atoms with E-state index in [9.17, 15) is 18.0 Å². The molecule has 14 heavy (non-hydrogen) atoms. The van der Waals surface area contributed by atoms with Crippen molar-refractivity contribution < 1.29 is 23.1 Å². The zero-order valence-corrected chi connectivity index (χ0v) is 8.58. The summed E-state index contributed by atoms with van der Waals surface area (Å²) < 4.78 is 22.6. The Morgan fingerprint density at radius 3 is 2.21 bits per heavy atom. The van der Waals surface area contributed by atoms with Gasteiger partial charge in [0.1, 0.15) is 0 Å². The number of rotatable bonds is 6. The summed E-state index contributed by atoms with van der Waals surface area (Å²) >= 11 is 0. The summed E-state index contributed by atoms with van der Waals surface area (Å²) in [6.07, 6.45) is -0.359. The molecule has 0 aliphatic carbocycles. The molecule has 0 bridgehead atoms. The van der Waals surface area contributed by atoms with Gasteiger partial charge < -0.3 is 10.8 Å². The van der Waals surface area contributed by atoms with Gasteiger partial charge in [-0.05, 0) is 6.42 Å². The van der Waals surface area contributed by atoms with E-state index < -0.39 is 32.7 Å². The molecule has 0 aromatic rings. The van der Waals surface area contributed by atoms with Crippen LogP contribution in [0.15, 0.2) is 0 Å². The number of aliphatic carboxylic acids is 1. The number of nitrogens with two attached hydrogens (primary N) is 1. The lowest BCUT2D eigenvalue weighted by atomic mass is 10.3. The SMILES string of the molecule is CCC(C(=O)O)S(=O)(=O)CCC(N)=O. The van der Waals surface area contributed by atoms with Crippen LogP contribution in [0.5, 0.6) is 0 Å². The van der Waals surface area contributed by atoms with Gasteiger partial charge in [0.2, 0.25) is 5.91 Å². The van der Waals surface area contributed by atoms with Gasteiger partial charge in [0, 0.05) is 6.42 Å². The Hall–Kier alpha value is -1.11. The quantitative estimate of drug-likeness (QED) is 0.608. The van der Waals surface area contributed by atoms with E-state index >= 15 is 0 Å². The highest BCUT2D eigenvalue weighted by Crippen LogP contribution is 2.08. The maximum Gasteiger partial charge on any atom is 0.321 e. The van der Waals surface area contributed by atoms with Gasteiger partial charge in [-0.3, -0.25) is 9.59 Å². The number of amides is 1. The van der Waals surface area contributed by atoms with Crippen LogP contribution in [0.2, 0.25) is 0 Å². The molecule has 0 saturated carbocycles. The van der Waals surface area contributed by atoms with Crippen LogP contribution in [-0.4, -0.2) is 36.4 Å². The van der Waals surface area contributed by atoms with Crippen LogP contribution in [0.25, 0.3) is 0 Å². The number of hydrogen-bond donors (Lipinski definition) is 2. The van der Waals surface area contributed by atoms with Crippen molar-refractivity contribution in [3.63, 3.8) is 0 Å². The smallest absolute Gasteiger partial charge is 0.321 e.